The van der Waals surface area contributed by atoms with Crippen LogP contribution in [0.4, 0.5) is 0 Å². The van der Waals surface area contributed by atoms with E-state index in [2.05, 4.69) is 15.3 Å². The zero-order valence-electron chi connectivity index (χ0n) is 14.9. The third-order valence-corrected chi connectivity index (χ3v) is 4.53. The number of aliphatic hydroxyl groups excluding tert-OH is 1. The zero-order chi connectivity index (χ0) is 18.4. The molecule has 0 bridgehead atoms. The van der Waals surface area contributed by atoms with Crippen molar-refractivity contribution in [3.05, 3.63) is 62.8 Å². The highest BCUT2D eigenvalue weighted by Gasteiger charge is 2.33. The molecule has 0 spiro atoms. The molecule has 0 radical (unpaired) electrons. The number of aromatic amines is 1. The van der Waals surface area contributed by atoms with E-state index in [-0.39, 0.29) is 11.0 Å². The number of hydrogen-bond acceptors (Lipinski definition) is 4. The normalized spacial score (nSPS) is 19.6. The van der Waals surface area contributed by atoms with E-state index in [0.29, 0.717) is 17.9 Å². The predicted octanol–water partition coefficient (Wildman–Crippen LogP) is 1.76. The van der Waals surface area contributed by atoms with Crippen LogP contribution in [0.15, 0.2) is 29.1 Å². The number of hydrogen-bond donors (Lipinski definition) is 3. The third kappa shape index (κ3) is 3.22. The maximum atomic E-state index is 12.7. The fraction of sp³-hybridized carbons (Fsp3) is 0.421. The van der Waals surface area contributed by atoms with Crippen LogP contribution in [-0.2, 0) is 11.8 Å². The number of benzene rings is 1. The summed E-state index contributed by atoms with van der Waals surface area (Å²) in [5.41, 5.74) is 1.48. The van der Waals surface area contributed by atoms with Gasteiger partial charge in [-0.1, -0.05) is 45.0 Å². The van der Waals surface area contributed by atoms with E-state index in [9.17, 15) is 14.7 Å². The number of fused-ring (bicyclic) bond motifs is 1. The first-order chi connectivity index (χ1) is 11.7. The van der Waals surface area contributed by atoms with Crippen LogP contribution >= 0.6 is 0 Å². The van der Waals surface area contributed by atoms with Crippen LogP contribution < -0.4 is 10.9 Å². The lowest BCUT2D eigenvalue weighted by molar-refractivity contribution is 0.0855. The molecule has 6 nitrogen and oxygen atoms in total. The minimum atomic E-state index is -0.706. The van der Waals surface area contributed by atoms with Crippen LogP contribution in [0.25, 0.3) is 0 Å². The molecule has 1 aliphatic carbocycles. The lowest BCUT2D eigenvalue weighted by Gasteiger charge is -2.20. The van der Waals surface area contributed by atoms with E-state index >= 15 is 0 Å². The van der Waals surface area contributed by atoms with Crippen molar-refractivity contribution in [2.45, 2.75) is 51.7 Å². The molecule has 3 N–H and O–H groups in total. The summed E-state index contributed by atoms with van der Waals surface area (Å²) in [6, 6.07) is 7.06. The molecule has 0 unspecified atom stereocenters. The summed E-state index contributed by atoms with van der Waals surface area (Å²) in [5.74, 6) is 0.0188. The molecule has 25 heavy (non-hydrogen) atoms. The molecule has 1 aromatic heterocycles. The first-order valence-electron chi connectivity index (χ1n) is 8.36. The van der Waals surface area contributed by atoms with E-state index in [1.54, 1.807) is 6.92 Å². The fourth-order valence-electron chi connectivity index (χ4n) is 3.17. The molecule has 2 aromatic rings. The van der Waals surface area contributed by atoms with Gasteiger partial charge in [-0.3, -0.25) is 9.59 Å². The summed E-state index contributed by atoms with van der Waals surface area (Å²) in [6.07, 6.45) is -0.222. The summed E-state index contributed by atoms with van der Waals surface area (Å²) in [7, 11) is 0. The topological polar surface area (TPSA) is 95.1 Å². The number of rotatable bonds is 2. The van der Waals surface area contributed by atoms with E-state index in [4.69, 9.17) is 0 Å². The number of carbonyl (C=O) groups excluding carboxylic acids is 1. The first-order valence-corrected chi connectivity index (χ1v) is 8.36. The van der Waals surface area contributed by atoms with Gasteiger partial charge >= 0.3 is 0 Å². The number of amides is 1. The van der Waals surface area contributed by atoms with Crippen LogP contribution in [0, 0.1) is 6.92 Å². The highest BCUT2D eigenvalue weighted by atomic mass is 16.3. The van der Waals surface area contributed by atoms with Crippen LogP contribution in [0.2, 0.25) is 0 Å². The summed E-state index contributed by atoms with van der Waals surface area (Å²) in [4.78, 5) is 32.2. The first kappa shape index (κ1) is 17.4. The van der Waals surface area contributed by atoms with E-state index in [0.717, 1.165) is 11.1 Å². The van der Waals surface area contributed by atoms with Gasteiger partial charge in [0, 0.05) is 11.8 Å². The molecule has 0 aliphatic heterocycles. The molecule has 132 valence electrons. The van der Waals surface area contributed by atoms with Crippen molar-refractivity contribution in [2.75, 3.05) is 0 Å². The van der Waals surface area contributed by atoms with Crippen LogP contribution in [0.1, 0.15) is 59.8 Å². The minimum Gasteiger partial charge on any atom is -0.390 e. The van der Waals surface area contributed by atoms with Crippen LogP contribution in [0.5, 0.6) is 0 Å². The van der Waals surface area contributed by atoms with Gasteiger partial charge in [0.25, 0.3) is 11.5 Å². The minimum absolute atomic E-state index is 0.00965. The van der Waals surface area contributed by atoms with Crippen LogP contribution in [0.3, 0.4) is 0 Å². The Hall–Kier alpha value is -2.47. The number of H-pyrrole nitrogens is 1. The van der Waals surface area contributed by atoms with E-state index < -0.39 is 23.6 Å². The SMILES string of the molecule is Cc1nc(C(C)(C)C)[nH]c(=O)c1C(=O)N[C@@H]1c2ccccc2C[C@@H]1O. The molecule has 0 saturated heterocycles. The molecule has 3 rings (SSSR count). The Labute approximate surface area is 146 Å². The Morgan fingerprint density at radius 2 is 2.00 bits per heavy atom. The molecule has 1 aromatic carbocycles. The Kier molecular flexibility index (Phi) is 4.24. The highest BCUT2D eigenvalue weighted by molar-refractivity contribution is 5.95. The molecule has 1 amide bonds. The van der Waals surface area contributed by atoms with Crippen molar-refractivity contribution in [3.63, 3.8) is 0 Å². The van der Waals surface area contributed by atoms with Crippen LogP contribution in [-0.4, -0.2) is 27.1 Å². The Balaban J connectivity index is 1.91. The van der Waals surface area contributed by atoms with Gasteiger partial charge in [-0.15, -0.1) is 0 Å². The molecule has 2 atom stereocenters. The summed E-state index contributed by atoms with van der Waals surface area (Å²) < 4.78 is 0. The maximum absolute atomic E-state index is 12.7. The lowest BCUT2D eigenvalue weighted by Crippen LogP contribution is -2.38. The van der Waals surface area contributed by atoms with E-state index in [1.165, 1.54) is 0 Å². The Bertz CT molecular complexity index is 880. The lowest BCUT2D eigenvalue weighted by atomic mass is 9.95. The predicted molar refractivity (Wildman–Crippen MR) is 94.7 cm³/mol. The quantitative estimate of drug-likeness (QED) is 0.776. The number of aliphatic hydroxyl groups is 1. The number of aromatic nitrogens is 2. The average molecular weight is 341 g/mol. The molecular weight excluding hydrogens is 318 g/mol. The van der Waals surface area contributed by atoms with Gasteiger partial charge in [-0.25, -0.2) is 4.98 Å². The van der Waals surface area contributed by atoms with Gasteiger partial charge in [0.1, 0.15) is 11.4 Å². The standard InChI is InChI=1S/C19H23N3O3/c1-10-14(17(25)22-18(20-10)19(2,3)4)16(24)21-15-12-8-6-5-7-11(12)9-13(15)23/h5-8,13,15,23H,9H2,1-4H3,(H,21,24)(H,20,22,25)/t13-,15+/m0/s1. The van der Waals surface area contributed by atoms with Crippen molar-refractivity contribution >= 4 is 5.91 Å². The molecule has 1 heterocycles. The molecule has 6 heteroatoms. The molecule has 1 aliphatic rings. The van der Waals surface area contributed by atoms with Crippen molar-refractivity contribution in [2.24, 2.45) is 0 Å². The number of aryl methyl sites for hydroxylation is 1. The van der Waals surface area contributed by atoms with Crippen molar-refractivity contribution < 1.29 is 9.90 Å². The van der Waals surface area contributed by atoms with Crippen molar-refractivity contribution in [1.82, 2.24) is 15.3 Å². The highest BCUT2D eigenvalue weighted by Crippen LogP contribution is 2.31. The molecular formula is C19H23N3O3. The van der Waals surface area contributed by atoms with Gasteiger partial charge < -0.3 is 15.4 Å². The smallest absolute Gasteiger partial charge is 0.264 e. The fourth-order valence-corrected chi connectivity index (χ4v) is 3.17. The third-order valence-electron chi connectivity index (χ3n) is 4.53. The van der Waals surface area contributed by atoms with Gasteiger partial charge in [-0.05, 0) is 18.1 Å². The summed E-state index contributed by atoms with van der Waals surface area (Å²) >= 11 is 0. The zero-order valence-corrected chi connectivity index (χ0v) is 14.9. The monoisotopic (exact) mass is 341 g/mol. The summed E-state index contributed by atoms with van der Waals surface area (Å²) in [6.45, 7) is 7.47. The second-order valence-electron chi connectivity index (χ2n) is 7.55. The number of carbonyl (C=O) groups is 1. The van der Waals surface area contributed by atoms with Crippen molar-refractivity contribution in [3.8, 4) is 0 Å². The Morgan fingerprint density at radius 3 is 2.64 bits per heavy atom. The van der Waals surface area contributed by atoms with Crippen molar-refractivity contribution in [1.29, 1.82) is 0 Å². The largest absolute Gasteiger partial charge is 0.390 e. The summed E-state index contributed by atoms with van der Waals surface area (Å²) in [5, 5.41) is 13.1. The van der Waals surface area contributed by atoms with Gasteiger partial charge in [0.2, 0.25) is 0 Å². The van der Waals surface area contributed by atoms with Gasteiger partial charge in [0.15, 0.2) is 0 Å². The maximum Gasteiger partial charge on any atom is 0.264 e. The van der Waals surface area contributed by atoms with E-state index in [1.807, 2.05) is 45.0 Å². The van der Waals surface area contributed by atoms with Gasteiger partial charge in [-0.2, -0.15) is 0 Å². The average Bonchev–Trinajstić information content (AvgIpc) is 2.82. The van der Waals surface area contributed by atoms with Gasteiger partial charge in [0.05, 0.1) is 17.8 Å². The number of nitrogens with one attached hydrogen (secondary N) is 2. The second kappa shape index (κ2) is 6.11. The second-order valence-corrected chi connectivity index (χ2v) is 7.55. The molecule has 0 fully saturated rings. The Morgan fingerprint density at radius 1 is 1.32 bits per heavy atom. The molecule has 0 saturated carbocycles. The number of nitrogens with zero attached hydrogens (tertiary/aromatic N) is 1.